The normalized spacial score (nSPS) is 14.8. The Morgan fingerprint density at radius 1 is 1.42 bits per heavy atom. The van der Waals surface area contributed by atoms with E-state index in [2.05, 4.69) is 5.32 Å². The van der Waals surface area contributed by atoms with Gasteiger partial charge in [-0.3, -0.25) is 4.79 Å². The van der Waals surface area contributed by atoms with Crippen LogP contribution >= 0.6 is 24.0 Å². The van der Waals surface area contributed by atoms with Crippen molar-refractivity contribution in [3.05, 3.63) is 28.8 Å². The predicted octanol–water partition coefficient (Wildman–Crippen LogP) is 0.686. The molecule has 0 aromatic heterocycles. The summed E-state index contributed by atoms with van der Waals surface area (Å²) in [6, 6.07) is 5.75. The van der Waals surface area contributed by atoms with Crippen molar-refractivity contribution >= 4 is 39.9 Å². The van der Waals surface area contributed by atoms with E-state index in [0.717, 1.165) is 4.31 Å². The average molecular weight is 393 g/mol. The molecule has 0 atom stereocenters. The Kier molecular flexibility index (Phi) is 7.45. The molecular weight excluding hydrogens is 375 g/mol. The average Bonchev–Trinajstić information content (AvgIpc) is 2.55. The standard InChI is InChI=1S/C14H17ClN4O3S.ClH/c1-18(10-14(20)19-6-4-17-5-7-19)23(21,22)12-3-2-11(9-16)13(15)8-12;/h2-3,8,17H,4-7,10H2,1H3;1H. The third-order valence-corrected chi connectivity index (χ3v) is 5.71. The molecule has 1 N–H and O–H groups in total. The van der Waals surface area contributed by atoms with Gasteiger partial charge in [0.15, 0.2) is 0 Å². The first kappa shape index (κ1) is 20.7. The molecule has 0 bridgehead atoms. The molecule has 132 valence electrons. The van der Waals surface area contributed by atoms with E-state index in [-0.39, 0.29) is 40.3 Å². The molecule has 1 amide bonds. The fourth-order valence-corrected chi connectivity index (χ4v) is 3.65. The van der Waals surface area contributed by atoms with Crippen LogP contribution in [0.2, 0.25) is 5.02 Å². The second-order valence-electron chi connectivity index (χ2n) is 5.15. The van der Waals surface area contributed by atoms with E-state index in [9.17, 15) is 13.2 Å². The van der Waals surface area contributed by atoms with Crippen molar-refractivity contribution in [2.75, 3.05) is 39.8 Å². The van der Waals surface area contributed by atoms with E-state index in [0.29, 0.717) is 26.2 Å². The van der Waals surface area contributed by atoms with Gasteiger partial charge in [-0.15, -0.1) is 12.4 Å². The summed E-state index contributed by atoms with van der Waals surface area (Å²) in [5, 5.41) is 12.0. The molecular formula is C14H18Cl2N4O3S. The third-order valence-electron chi connectivity index (χ3n) is 3.60. The third kappa shape index (κ3) is 4.59. The molecule has 0 spiro atoms. The molecule has 0 saturated carbocycles. The van der Waals surface area contributed by atoms with Crippen LogP contribution in [0.15, 0.2) is 23.1 Å². The quantitative estimate of drug-likeness (QED) is 0.812. The number of nitrogens with one attached hydrogen (secondary N) is 1. The number of carbonyl (C=O) groups is 1. The monoisotopic (exact) mass is 392 g/mol. The number of sulfonamides is 1. The van der Waals surface area contributed by atoms with E-state index in [4.69, 9.17) is 16.9 Å². The minimum Gasteiger partial charge on any atom is -0.339 e. The van der Waals surface area contributed by atoms with E-state index >= 15 is 0 Å². The highest BCUT2D eigenvalue weighted by atomic mass is 35.5. The molecule has 10 heteroatoms. The molecule has 0 radical (unpaired) electrons. The van der Waals surface area contributed by atoms with E-state index in [1.54, 1.807) is 4.90 Å². The number of likely N-dealkylation sites (N-methyl/N-ethyl adjacent to an activating group) is 1. The van der Waals surface area contributed by atoms with Gasteiger partial charge in [-0.25, -0.2) is 8.42 Å². The summed E-state index contributed by atoms with van der Waals surface area (Å²) >= 11 is 5.88. The summed E-state index contributed by atoms with van der Waals surface area (Å²) in [4.78, 5) is 13.8. The van der Waals surface area contributed by atoms with Crippen molar-refractivity contribution in [1.82, 2.24) is 14.5 Å². The number of halogens is 2. The number of carbonyl (C=O) groups excluding carboxylic acids is 1. The van der Waals surface area contributed by atoms with E-state index in [1.165, 1.54) is 25.2 Å². The van der Waals surface area contributed by atoms with Crippen LogP contribution in [-0.2, 0) is 14.8 Å². The van der Waals surface area contributed by atoms with Crippen molar-refractivity contribution in [3.63, 3.8) is 0 Å². The fraction of sp³-hybridized carbons (Fsp3) is 0.429. The van der Waals surface area contributed by atoms with Gasteiger partial charge >= 0.3 is 0 Å². The summed E-state index contributed by atoms with van der Waals surface area (Å²) in [6.07, 6.45) is 0. The van der Waals surface area contributed by atoms with Gasteiger partial charge in [0.05, 0.1) is 22.0 Å². The van der Waals surface area contributed by atoms with Crippen LogP contribution < -0.4 is 5.32 Å². The number of hydrogen-bond acceptors (Lipinski definition) is 5. The molecule has 1 saturated heterocycles. The van der Waals surface area contributed by atoms with Crippen LogP contribution in [0.1, 0.15) is 5.56 Å². The Hall–Kier alpha value is -1.37. The molecule has 1 aromatic carbocycles. The Morgan fingerprint density at radius 3 is 2.58 bits per heavy atom. The maximum atomic E-state index is 12.5. The number of rotatable bonds is 4. The molecule has 1 aromatic rings. The summed E-state index contributed by atoms with van der Waals surface area (Å²) in [5.41, 5.74) is 0.199. The molecule has 1 fully saturated rings. The number of nitrogens with zero attached hydrogens (tertiary/aromatic N) is 3. The molecule has 0 unspecified atom stereocenters. The lowest BCUT2D eigenvalue weighted by Gasteiger charge is -2.29. The zero-order chi connectivity index (χ0) is 17.0. The van der Waals surface area contributed by atoms with E-state index in [1.807, 2.05) is 6.07 Å². The minimum atomic E-state index is -3.84. The second kappa shape index (κ2) is 8.65. The van der Waals surface area contributed by atoms with Crippen LogP contribution in [0.4, 0.5) is 0 Å². The Bertz CT molecular complexity index is 743. The Morgan fingerprint density at radius 2 is 2.04 bits per heavy atom. The predicted molar refractivity (Wildman–Crippen MR) is 92.7 cm³/mol. The summed E-state index contributed by atoms with van der Waals surface area (Å²) in [7, 11) is -2.50. The van der Waals surface area contributed by atoms with Crippen molar-refractivity contribution in [2.45, 2.75) is 4.90 Å². The van der Waals surface area contributed by atoms with Gasteiger partial charge < -0.3 is 10.2 Å². The summed E-state index contributed by atoms with van der Waals surface area (Å²) in [5.74, 6) is -0.239. The topological polar surface area (TPSA) is 93.5 Å². The zero-order valence-electron chi connectivity index (χ0n) is 13.0. The number of amides is 1. The highest BCUT2D eigenvalue weighted by molar-refractivity contribution is 7.89. The molecule has 1 aliphatic heterocycles. The molecule has 1 heterocycles. The zero-order valence-corrected chi connectivity index (χ0v) is 15.4. The molecule has 2 rings (SSSR count). The number of piperazine rings is 1. The maximum absolute atomic E-state index is 12.5. The molecule has 0 aliphatic carbocycles. The van der Waals surface area contributed by atoms with Gasteiger partial charge in [-0.1, -0.05) is 11.6 Å². The van der Waals surface area contributed by atoms with Crippen LogP contribution in [0.25, 0.3) is 0 Å². The Labute approximate surface area is 152 Å². The lowest BCUT2D eigenvalue weighted by Crippen LogP contribution is -2.49. The number of hydrogen-bond donors (Lipinski definition) is 1. The Balaban J connectivity index is 0.00000288. The number of benzene rings is 1. The van der Waals surface area contributed by atoms with Crippen molar-refractivity contribution in [1.29, 1.82) is 5.26 Å². The first-order chi connectivity index (χ1) is 10.9. The van der Waals surface area contributed by atoms with Gasteiger partial charge in [0, 0.05) is 33.2 Å². The highest BCUT2D eigenvalue weighted by Gasteiger charge is 2.26. The number of nitriles is 1. The smallest absolute Gasteiger partial charge is 0.243 e. The first-order valence-corrected chi connectivity index (χ1v) is 8.82. The van der Waals surface area contributed by atoms with Gasteiger partial charge in [0.1, 0.15) is 6.07 Å². The molecule has 7 nitrogen and oxygen atoms in total. The fourth-order valence-electron chi connectivity index (χ4n) is 2.22. The lowest BCUT2D eigenvalue weighted by molar-refractivity contribution is -0.131. The van der Waals surface area contributed by atoms with Crippen LogP contribution in [0.5, 0.6) is 0 Å². The van der Waals surface area contributed by atoms with Gasteiger partial charge in [0.25, 0.3) is 0 Å². The van der Waals surface area contributed by atoms with Crippen molar-refractivity contribution in [2.24, 2.45) is 0 Å². The maximum Gasteiger partial charge on any atom is 0.243 e. The highest BCUT2D eigenvalue weighted by Crippen LogP contribution is 2.22. The van der Waals surface area contributed by atoms with Crippen molar-refractivity contribution in [3.8, 4) is 6.07 Å². The van der Waals surface area contributed by atoms with Crippen LogP contribution in [-0.4, -0.2) is 63.3 Å². The lowest BCUT2D eigenvalue weighted by atomic mass is 10.2. The van der Waals surface area contributed by atoms with Crippen molar-refractivity contribution < 1.29 is 13.2 Å². The van der Waals surface area contributed by atoms with Gasteiger partial charge in [-0.05, 0) is 18.2 Å². The SMILES string of the molecule is CN(CC(=O)N1CCNCC1)S(=O)(=O)c1ccc(C#N)c(Cl)c1.Cl. The largest absolute Gasteiger partial charge is 0.339 e. The molecule has 24 heavy (non-hydrogen) atoms. The second-order valence-corrected chi connectivity index (χ2v) is 7.60. The first-order valence-electron chi connectivity index (χ1n) is 7.00. The molecule has 1 aliphatic rings. The van der Waals surface area contributed by atoms with E-state index < -0.39 is 10.0 Å². The minimum absolute atomic E-state index is 0. The van der Waals surface area contributed by atoms with Crippen LogP contribution in [0, 0.1) is 11.3 Å². The summed E-state index contributed by atoms with van der Waals surface area (Å²) < 4.78 is 26.0. The summed E-state index contributed by atoms with van der Waals surface area (Å²) in [6.45, 7) is 2.30. The van der Waals surface area contributed by atoms with Gasteiger partial charge in [-0.2, -0.15) is 9.57 Å². The van der Waals surface area contributed by atoms with Gasteiger partial charge in [0.2, 0.25) is 15.9 Å². The van der Waals surface area contributed by atoms with Crippen LogP contribution in [0.3, 0.4) is 0 Å².